The SMILES string of the molecule is CS(=O)(=O)Cc1ccc(CNC(=O)NCCNC(=O)Cc2cccc(F)c2)cc1. The zero-order chi connectivity index (χ0) is 21.3. The van der Waals surface area contributed by atoms with Gasteiger partial charge in [-0.3, -0.25) is 4.79 Å². The number of carbonyl (C=O) groups is 2. The van der Waals surface area contributed by atoms with Gasteiger partial charge in [0.1, 0.15) is 5.82 Å². The molecule has 9 heteroatoms. The summed E-state index contributed by atoms with van der Waals surface area (Å²) in [5.41, 5.74) is 2.10. The Labute approximate surface area is 169 Å². The van der Waals surface area contributed by atoms with Crippen LogP contribution < -0.4 is 16.0 Å². The van der Waals surface area contributed by atoms with Crippen LogP contribution >= 0.6 is 0 Å². The van der Waals surface area contributed by atoms with Crippen molar-refractivity contribution in [2.45, 2.75) is 18.7 Å². The molecule has 2 aromatic carbocycles. The normalized spacial score (nSPS) is 11.0. The highest BCUT2D eigenvalue weighted by Gasteiger charge is 2.06. The molecule has 156 valence electrons. The summed E-state index contributed by atoms with van der Waals surface area (Å²) in [6.07, 6.45) is 1.25. The molecule has 0 aliphatic rings. The first kappa shape index (κ1) is 22.4. The number of nitrogens with one attached hydrogen (secondary N) is 3. The number of amides is 3. The minimum Gasteiger partial charge on any atom is -0.354 e. The van der Waals surface area contributed by atoms with Crippen molar-refractivity contribution in [3.63, 3.8) is 0 Å². The number of sulfone groups is 1. The fraction of sp³-hybridized carbons (Fsp3) is 0.300. The fourth-order valence-corrected chi connectivity index (χ4v) is 3.37. The standard InChI is InChI=1S/C20H24FN3O4S/c1-29(27,28)14-16-7-5-15(6-8-16)13-24-20(26)23-10-9-22-19(25)12-17-3-2-4-18(21)11-17/h2-8,11H,9-10,12-14H2,1H3,(H,22,25)(H2,23,24,26). The monoisotopic (exact) mass is 421 g/mol. The van der Waals surface area contributed by atoms with E-state index in [4.69, 9.17) is 0 Å². The molecule has 0 aliphatic carbocycles. The van der Waals surface area contributed by atoms with Crippen LogP contribution in [0.25, 0.3) is 0 Å². The molecule has 7 nitrogen and oxygen atoms in total. The van der Waals surface area contributed by atoms with Gasteiger partial charge in [0.05, 0.1) is 12.2 Å². The van der Waals surface area contributed by atoms with Gasteiger partial charge < -0.3 is 16.0 Å². The maximum absolute atomic E-state index is 13.1. The van der Waals surface area contributed by atoms with Gasteiger partial charge >= 0.3 is 6.03 Å². The fourth-order valence-electron chi connectivity index (χ4n) is 2.57. The third-order valence-corrected chi connectivity index (χ3v) is 4.75. The van der Waals surface area contributed by atoms with Crippen LogP contribution in [-0.2, 0) is 33.4 Å². The van der Waals surface area contributed by atoms with Gasteiger partial charge in [-0.05, 0) is 28.8 Å². The number of hydrogen-bond acceptors (Lipinski definition) is 4. The number of halogens is 1. The molecule has 2 aromatic rings. The van der Waals surface area contributed by atoms with E-state index in [0.717, 1.165) is 5.56 Å². The Morgan fingerprint density at radius 3 is 2.21 bits per heavy atom. The van der Waals surface area contributed by atoms with Crippen molar-refractivity contribution < 1.29 is 22.4 Å². The predicted molar refractivity (Wildman–Crippen MR) is 108 cm³/mol. The maximum atomic E-state index is 13.1. The first-order valence-corrected chi connectivity index (χ1v) is 11.1. The Morgan fingerprint density at radius 2 is 1.55 bits per heavy atom. The zero-order valence-electron chi connectivity index (χ0n) is 16.1. The van der Waals surface area contributed by atoms with E-state index in [1.165, 1.54) is 18.4 Å². The highest BCUT2D eigenvalue weighted by molar-refractivity contribution is 7.89. The van der Waals surface area contributed by atoms with Crippen molar-refractivity contribution in [1.29, 1.82) is 0 Å². The minimum atomic E-state index is -3.08. The number of urea groups is 1. The lowest BCUT2D eigenvalue weighted by atomic mass is 10.1. The Bertz CT molecular complexity index is 946. The van der Waals surface area contributed by atoms with Crippen LogP contribution in [0.15, 0.2) is 48.5 Å². The molecule has 0 aromatic heterocycles. The van der Waals surface area contributed by atoms with Gasteiger partial charge in [0.25, 0.3) is 0 Å². The van der Waals surface area contributed by atoms with Gasteiger partial charge in [-0.1, -0.05) is 36.4 Å². The number of benzene rings is 2. The second-order valence-electron chi connectivity index (χ2n) is 6.65. The van der Waals surface area contributed by atoms with Crippen molar-refractivity contribution in [2.75, 3.05) is 19.3 Å². The van der Waals surface area contributed by atoms with Gasteiger partial charge in [0.2, 0.25) is 5.91 Å². The highest BCUT2D eigenvalue weighted by Crippen LogP contribution is 2.07. The van der Waals surface area contributed by atoms with Crippen molar-refractivity contribution in [3.05, 3.63) is 71.0 Å². The predicted octanol–water partition coefficient (Wildman–Crippen LogP) is 1.53. The lowest BCUT2D eigenvalue weighted by Gasteiger charge is -2.09. The van der Waals surface area contributed by atoms with Crippen molar-refractivity contribution in [2.24, 2.45) is 0 Å². The molecule has 0 bridgehead atoms. The van der Waals surface area contributed by atoms with E-state index in [1.807, 2.05) is 0 Å². The molecule has 0 atom stereocenters. The summed E-state index contributed by atoms with van der Waals surface area (Å²) in [4.78, 5) is 23.6. The molecular weight excluding hydrogens is 397 g/mol. The van der Waals surface area contributed by atoms with E-state index in [1.54, 1.807) is 36.4 Å². The Hall–Kier alpha value is -2.94. The van der Waals surface area contributed by atoms with Crippen LogP contribution in [0.1, 0.15) is 16.7 Å². The van der Waals surface area contributed by atoms with Gasteiger partial charge in [-0.15, -0.1) is 0 Å². The molecule has 0 aliphatic heterocycles. The molecule has 0 radical (unpaired) electrons. The smallest absolute Gasteiger partial charge is 0.315 e. The Morgan fingerprint density at radius 1 is 0.897 bits per heavy atom. The third-order valence-electron chi connectivity index (χ3n) is 3.89. The van der Waals surface area contributed by atoms with Crippen LogP contribution in [0.5, 0.6) is 0 Å². The second kappa shape index (κ2) is 10.6. The Balaban J connectivity index is 1.62. The molecule has 3 N–H and O–H groups in total. The molecule has 0 heterocycles. The summed E-state index contributed by atoms with van der Waals surface area (Å²) in [6, 6.07) is 12.4. The minimum absolute atomic E-state index is 0.0217. The average Bonchev–Trinajstić information content (AvgIpc) is 2.63. The molecule has 3 amide bonds. The largest absolute Gasteiger partial charge is 0.354 e. The summed E-state index contributed by atoms with van der Waals surface area (Å²) in [5, 5.41) is 7.95. The summed E-state index contributed by atoms with van der Waals surface area (Å²) < 4.78 is 35.6. The molecule has 2 rings (SSSR count). The molecule has 0 spiro atoms. The van der Waals surface area contributed by atoms with Crippen LogP contribution in [0, 0.1) is 5.82 Å². The van der Waals surface area contributed by atoms with E-state index in [9.17, 15) is 22.4 Å². The highest BCUT2D eigenvalue weighted by atomic mass is 32.2. The molecule has 0 fully saturated rings. The van der Waals surface area contributed by atoms with E-state index in [0.29, 0.717) is 11.1 Å². The third kappa shape index (κ3) is 9.20. The van der Waals surface area contributed by atoms with E-state index in [2.05, 4.69) is 16.0 Å². The number of carbonyl (C=O) groups excluding carboxylic acids is 2. The summed E-state index contributed by atoms with van der Waals surface area (Å²) in [5.74, 6) is -0.669. The van der Waals surface area contributed by atoms with E-state index < -0.39 is 15.7 Å². The van der Waals surface area contributed by atoms with Crippen molar-refractivity contribution >= 4 is 21.8 Å². The maximum Gasteiger partial charge on any atom is 0.315 e. The average molecular weight is 421 g/mol. The zero-order valence-corrected chi connectivity index (χ0v) is 16.9. The van der Waals surface area contributed by atoms with Gasteiger partial charge in [-0.2, -0.15) is 0 Å². The summed E-state index contributed by atoms with van der Waals surface area (Å²) in [7, 11) is -3.08. The molecule has 29 heavy (non-hydrogen) atoms. The summed E-state index contributed by atoms with van der Waals surface area (Å²) >= 11 is 0. The van der Waals surface area contributed by atoms with Crippen LogP contribution in [0.3, 0.4) is 0 Å². The van der Waals surface area contributed by atoms with Crippen molar-refractivity contribution in [3.8, 4) is 0 Å². The lowest BCUT2D eigenvalue weighted by Crippen LogP contribution is -2.40. The van der Waals surface area contributed by atoms with E-state index >= 15 is 0 Å². The quantitative estimate of drug-likeness (QED) is 0.534. The number of hydrogen-bond donors (Lipinski definition) is 3. The number of rotatable bonds is 9. The van der Waals surface area contributed by atoms with Gasteiger partial charge in [0, 0.05) is 25.9 Å². The Kier molecular flexibility index (Phi) is 8.14. The van der Waals surface area contributed by atoms with Gasteiger partial charge in [0.15, 0.2) is 9.84 Å². The topological polar surface area (TPSA) is 104 Å². The molecular formula is C20H24FN3O4S. The van der Waals surface area contributed by atoms with E-state index in [-0.39, 0.29) is 43.7 Å². The van der Waals surface area contributed by atoms with Gasteiger partial charge in [-0.25, -0.2) is 17.6 Å². The van der Waals surface area contributed by atoms with Crippen LogP contribution in [0.2, 0.25) is 0 Å². The second-order valence-corrected chi connectivity index (χ2v) is 8.79. The molecule has 0 unspecified atom stereocenters. The van der Waals surface area contributed by atoms with Crippen LogP contribution in [-0.4, -0.2) is 39.7 Å². The molecule has 0 saturated carbocycles. The first-order valence-electron chi connectivity index (χ1n) is 9.00. The molecule has 0 saturated heterocycles. The lowest BCUT2D eigenvalue weighted by molar-refractivity contribution is -0.120. The summed E-state index contributed by atoms with van der Waals surface area (Å²) in [6.45, 7) is 0.784. The van der Waals surface area contributed by atoms with Crippen molar-refractivity contribution in [1.82, 2.24) is 16.0 Å². The van der Waals surface area contributed by atoms with Crippen LogP contribution in [0.4, 0.5) is 9.18 Å². The first-order chi connectivity index (χ1) is 13.7.